The van der Waals surface area contributed by atoms with Crippen LogP contribution in [0.1, 0.15) is 11.6 Å². The lowest BCUT2D eigenvalue weighted by Gasteiger charge is -2.17. The van der Waals surface area contributed by atoms with Gasteiger partial charge in [-0.2, -0.15) is 0 Å². The lowest BCUT2D eigenvalue weighted by Crippen LogP contribution is -2.22. The van der Waals surface area contributed by atoms with Crippen LogP contribution in [0.4, 0.5) is 4.39 Å². The highest BCUT2D eigenvalue weighted by Crippen LogP contribution is 2.41. The summed E-state index contributed by atoms with van der Waals surface area (Å²) >= 11 is 0. The van der Waals surface area contributed by atoms with Gasteiger partial charge in [-0.05, 0) is 0 Å². The van der Waals surface area contributed by atoms with Crippen molar-refractivity contribution >= 4 is 5.97 Å². The Bertz CT molecular complexity index is 449. The third-order valence-corrected chi connectivity index (χ3v) is 2.21. The Labute approximate surface area is 96.4 Å². The van der Waals surface area contributed by atoms with Crippen LogP contribution in [0.2, 0.25) is 0 Å². The molecule has 1 rings (SSSR count). The van der Waals surface area contributed by atoms with Crippen molar-refractivity contribution in [1.82, 2.24) is 0 Å². The van der Waals surface area contributed by atoms with E-state index in [0.29, 0.717) is 0 Å². The second-order valence-corrected chi connectivity index (χ2v) is 3.17. The summed E-state index contributed by atoms with van der Waals surface area (Å²) in [7, 11) is 2.48. The average Bonchev–Trinajstić information content (AvgIpc) is 2.30. The van der Waals surface area contributed by atoms with E-state index in [4.69, 9.17) is 20.3 Å². The Hall–Kier alpha value is -2.02. The molecule has 7 heteroatoms. The number of ether oxygens (including phenoxy) is 2. The molecule has 0 saturated carbocycles. The van der Waals surface area contributed by atoms with Gasteiger partial charge in [0.15, 0.2) is 23.1 Å². The van der Waals surface area contributed by atoms with Gasteiger partial charge in [-0.25, -0.2) is 4.39 Å². The van der Waals surface area contributed by atoms with E-state index in [-0.39, 0.29) is 17.1 Å². The van der Waals surface area contributed by atoms with Gasteiger partial charge in [-0.1, -0.05) is 0 Å². The summed E-state index contributed by atoms with van der Waals surface area (Å²) in [6, 6.07) is -0.735. The van der Waals surface area contributed by atoms with Crippen molar-refractivity contribution in [2.75, 3.05) is 14.2 Å². The minimum absolute atomic E-state index is 0.0468. The van der Waals surface area contributed by atoms with E-state index < -0.39 is 23.6 Å². The first-order chi connectivity index (χ1) is 7.93. The van der Waals surface area contributed by atoms with Crippen LogP contribution in [0.15, 0.2) is 6.07 Å². The summed E-state index contributed by atoms with van der Waals surface area (Å²) in [6.45, 7) is 0. The third-order valence-electron chi connectivity index (χ3n) is 2.21. The quantitative estimate of drug-likeness (QED) is 0.719. The van der Waals surface area contributed by atoms with Gasteiger partial charge >= 0.3 is 5.97 Å². The van der Waals surface area contributed by atoms with Crippen molar-refractivity contribution in [1.29, 1.82) is 0 Å². The molecular weight excluding hydrogens is 233 g/mol. The largest absolute Gasteiger partial charge is 0.504 e. The Morgan fingerprint density at radius 1 is 1.47 bits per heavy atom. The molecule has 0 saturated heterocycles. The van der Waals surface area contributed by atoms with Crippen molar-refractivity contribution in [3.05, 3.63) is 17.4 Å². The number of aliphatic carboxylic acids is 1. The molecule has 94 valence electrons. The SMILES string of the molecule is COc1cc(F)c(O)c(C(N)C(=O)O)c1OC. The topological polar surface area (TPSA) is 102 Å². The lowest BCUT2D eigenvalue weighted by atomic mass is 10.0. The van der Waals surface area contributed by atoms with Crippen LogP contribution in [0.3, 0.4) is 0 Å². The summed E-state index contributed by atoms with van der Waals surface area (Å²) in [5, 5.41) is 18.3. The first-order valence-electron chi connectivity index (χ1n) is 4.55. The summed E-state index contributed by atoms with van der Waals surface area (Å²) in [5.41, 5.74) is 4.98. The molecule has 0 fully saturated rings. The van der Waals surface area contributed by atoms with Crippen molar-refractivity contribution in [2.45, 2.75) is 6.04 Å². The summed E-state index contributed by atoms with van der Waals surface area (Å²) in [4.78, 5) is 10.8. The number of carboxylic acid groups (broad SMARTS) is 1. The fourth-order valence-electron chi connectivity index (χ4n) is 1.39. The number of nitrogens with two attached hydrogens (primary N) is 1. The van der Waals surface area contributed by atoms with Gasteiger partial charge in [0.25, 0.3) is 0 Å². The highest BCUT2D eigenvalue weighted by molar-refractivity contribution is 5.78. The maximum absolute atomic E-state index is 13.3. The molecule has 0 heterocycles. The normalized spacial score (nSPS) is 12.0. The van der Waals surface area contributed by atoms with Crippen molar-refractivity contribution in [2.24, 2.45) is 5.73 Å². The molecule has 17 heavy (non-hydrogen) atoms. The van der Waals surface area contributed by atoms with Crippen molar-refractivity contribution in [3.8, 4) is 17.2 Å². The number of benzene rings is 1. The first kappa shape index (κ1) is 13.0. The van der Waals surface area contributed by atoms with Crippen LogP contribution in [0.5, 0.6) is 17.2 Å². The van der Waals surface area contributed by atoms with Gasteiger partial charge < -0.3 is 25.4 Å². The number of hydrogen-bond acceptors (Lipinski definition) is 5. The molecule has 0 spiro atoms. The molecule has 0 aliphatic carbocycles. The zero-order valence-corrected chi connectivity index (χ0v) is 9.23. The van der Waals surface area contributed by atoms with Crippen LogP contribution < -0.4 is 15.2 Å². The van der Waals surface area contributed by atoms with Crippen LogP contribution in [0.25, 0.3) is 0 Å². The molecule has 1 atom stereocenters. The molecule has 0 aromatic heterocycles. The fourth-order valence-corrected chi connectivity index (χ4v) is 1.39. The Morgan fingerprint density at radius 2 is 2.06 bits per heavy atom. The monoisotopic (exact) mass is 245 g/mol. The van der Waals surface area contributed by atoms with E-state index >= 15 is 0 Å². The highest BCUT2D eigenvalue weighted by Gasteiger charge is 2.28. The number of halogens is 1. The number of hydrogen-bond donors (Lipinski definition) is 3. The molecule has 6 nitrogen and oxygen atoms in total. The first-order valence-corrected chi connectivity index (χ1v) is 4.55. The van der Waals surface area contributed by atoms with Gasteiger partial charge in [0.2, 0.25) is 0 Å². The summed E-state index contributed by atoms with van der Waals surface area (Å²) in [6.07, 6.45) is 0. The predicted molar refractivity (Wildman–Crippen MR) is 55.7 cm³/mol. The molecule has 0 radical (unpaired) electrons. The Morgan fingerprint density at radius 3 is 2.47 bits per heavy atom. The van der Waals surface area contributed by atoms with E-state index in [1.807, 2.05) is 0 Å². The molecule has 1 aromatic rings. The predicted octanol–water partition coefficient (Wildman–Crippen LogP) is 0.633. The minimum atomic E-state index is -1.62. The van der Waals surface area contributed by atoms with E-state index in [2.05, 4.69) is 0 Å². The molecule has 0 aliphatic rings. The number of rotatable bonds is 4. The molecule has 4 N–H and O–H groups in total. The van der Waals surface area contributed by atoms with E-state index in [0.717, 1.165) is 6.07 Å². The summed E-state index contributed by atoms with van der Waals surface area (Å²) in [5.74, 6) is -3.48. The van der Waals surface area contributed by atoms with E-state index in [1.165, 1.54) is 14.2 Å². The average molecular weight is 245 g/mol. The van der Waals surface area contributed by atoms with Gasteiger partial charge in [-0.15, -0.1) is 0 Å². The molecule has 1 aromatic carbocycles. The molecule has 0 amide bonds. The molecule has 0 bridgehead atoms. The van der Waals surface area contributed by atoms with Gasteiger partial charge in [0, 0.05) is 6.07 Å². The van der Waals surface area contributed by atoms with Crippen molar-refractivity contribution < 1.29 is 28.9 Å². The van der Waals surface area contributed by atoms with Gasteiger partial charge in [0.1, 0.15) is 6.04 Å². The second kappa shape index (κ2) is 4.88. The highest BCUT2D eigenvalue weighted by atomic mass is 19.1. The molecular formula is C10H12FNO5. The Balaban J connectivity index is 3.53. The number of carbonyl (C=O) groups is 1. The van der Waals surface area contributed by atoms with Crippen molar-refractivity contribution in [3.63, 3.8) is 0 Å². The molecule has 0 aliphatic heterocycles. The van der Waals surface area contributed by atoms with Gasteiger partial charge in [0.05, 0.1) is 19.8 Å². The third kappa shape index (κ3) is 2.23. The zero-order valence-electron chi connectivity index (χ0n) is 9.23. The maximum Gasteiger partial charge on any atom is 0.325 e. The van der Waals surface area contributed by atoms with E-state index in [1.54, 1.807) is 0 Å². The van der Waals surface area contributed by atoms with Gasteiger partial charge in [-0.3, -0.25) is 4.79 Å². The zero-order chi connectivity index (χ0) is 13.2. The maximum atomic E-state index is 13.3. The Kier molecular flexibility index (Phi) is 3.74. The second-order valence-electron chi connectivity index (χ2n) is 3.17. The fraction of sp³-hybridized carbons (Fsp3) is 0.300. The number of phenols is 1. The van der Waals surface area contributed by atoms with Crippen LogP contribution in [-0.2, 0) is 4.79 Å². The van der Waals surface area contributed by atoms with Crippen LogP contribution in [0, 0.1) is 5.82 Å². The number of aromatic hydroxyl groups is 1. The van der Waals surface area contributed by atoms with Crippen LogP contribution in [-0.4, -0.2) is 30.4 Å². The number of phenolic OH excluding ortho intramolecular Hbond substituents is 1. The lowest BCUT2D eigenvalue weighted by molar-refractivity contribution is -0.138. The number of methoxy groups -OCH3 is 2. The smallest absolute Gasteiger partial charge is 0.325 e. The number of carboxylic acids is 1. The minimum Gasteiger partial charge on any atom is -0.504 e. The van der Waals surface area contributed by atoms with E-state index in [9.17, 15) is 14.3 Å². The molecule has 1 unspecified atom stereocenters. The van der Waals surface area contributed by atoms with Crippen LogP contribution >= 0.6 is 0 Å². The summed E-state index contributed by atoms with van der Waals surface area (Å²) < 4.78 is 23.0. The standard InChI is InChI=1S/C10H12FNO5/c1-16-5-3-4(11)8(13)6(9(5)17-2)7(12)10(14)15/h3,7,13H,12H2,1-2H3,(H,14,15).